The van der Waals surface area contributed by atoms with Crippen molar-refractivity contribution in [1.82, 2.24) is 55.3 Å². The zero-order chi connectivity index (χ0) is 92.5. The van der Waals surface area contributed by atoms with Crippen molar-refractivity contribution in [1.29, 1.82) is 0 Å². The van der Waals surface area contributed by atoms with Crippen LogP contribution in [0.5, 0.6) is 0 Å². The van der Waals surface area contributed by atoms with Crippen molar-refractivity contribution in [2.45, 2.75) is 238 Å². The normalized spacial score (nSPS) is 26.5. The first-order valence-electron chi connectivity index (χ1n) is 46.2. The number of aliphatic hydroxyl groups is 2. The van der Waals surface area contributed by atoms with Gasteiger partial charge >= 0.3 is 12.1 Å². The summed E-state index contributed by atoms with van der Waals surface area (Å²) in [7, 11) is 4.29. The fraction of sp³-hybridized carbons (Fsp3) is 0.691. The molecule has 0 radical (unpaired) electrons. The van der Waals surface area contributed by atoms with Crippen LogP contribution in [-0.2, 0) is 121 Å². The van der Waals surface area contributed by atoms with E-state index in [9.17, 15) is 43.8 Å². The predicted octanol–water partition coefficient (Wildman–Crippen LogP) is 9.00. The Balaban J connectivity index is 0.597. The van der Waals surface area contributed by atoms with Crippen LogP contribution in [0.15, 0.2) is 78.5 Å². The van der Waals surface area contributed by atoms with Gasteiger partial charge in [0.15, 0.2) is 11.4 Å². The molecule has 0 unspecified atom stereocenters. The van der Waals surface area contributed by atoms with E-state index < -0.39 is 89.7 Å². The number of nitrogens with two attached hydrogens (primary N) is 1. The highest BCUT2D eigenvalue weighted by molar-refractivity contribution is 6.39. The summed E-state index contributed by atoms with van der Waals surface area (Å²) in [6.07, 6.45) is 24.6. The van der Waals surface area contributed by atoms with Crippen molar-refractivity contribution >= 4 is 64.2 Å². The molecule has 3 aliphatic heterocycles. The number of allylic oxidation sites excluding steroid dienone is 7. The minimum atomic E-state index is -2.56. The van der Waals surface area contributed by atoms with Crippen LogP contribution in [0.1, 0.15) is 175 Å². The lowest BCUT2D eigenvalue weighted by molar-refractivity contribution is -0.264. The molecular formula is C94H142N12O23. The molecule has 2 aliphatic carbocycles. The van der Waals surface area contributed by atoms with Gasteiger partial charge in [-0.25, -0.2) is 28.9 Å². The standard InChI is InChI=1S/C94H142N12O23/c1-63-21-12-11-13-22-64(2)76(100-93(114)118-10)58-74-29-27-69(7)94(115,129-74)88(111)91(112)105-33-17-14-26-77(105)92(113)128-80(59-78(107)65(3)54-68(6)86(110)87(117-9)85(109)67(5)53-63)66(4)55-70-28-30-79(81(56-70)116-8)127-36-19-15-24-73-61-104(103-101-73)35-38-120-40-42-122-44-46-124-48-50-126-52-51-125-49-47-123-45-43-121-41-39-119-37-31-82(108)96-32-16-18-34-106-90-83(89(95)98-62-99-90)84(102-106)72-57-71-23-20-25-75(71)97-60-72/h11-13,20-23,54,57,60-63,65-67,69-70,74,76-77,79-81,86-87,110,115H,14-19,24-53,55-56,58-59H2,1-10H3,(H,96,108)(H,100,114)(H2,95,98,99)/b13-11+,21-12+,64-22+,68-54+/t63-,65-,66-,67-,69-,70+,74+,76+,77+,79-,80+,81-,86-,87+,94-/m1/s1. The van der Waals surface area contributed by atoms with Gasteiger partial charge in [-0.05, 0) is 152 Å². The molecule has 716 valence electrons. The third-order valence-corrected chi connectivity index (χ3v) is 24.6. The molecule has 9 rings (SSSR count). The summed E-state index contributed by atoms with van der Waals surface area (Å²) in [4.78, 5) is 112. The lowest BCUT2D eigenvalue weighted by Crippen LogP contribution is -2.61. The van der Waals surface area contributed by atoms with Gasteiger partial charge in [-0.2, -0.15) is 5.10 Å². The van der Waals surface area contributed by atoms with E-state index in [-0.39, 0.29) is 73.7 Å². The van der Waals surface area contributed by atoms with E-state index >= 15 is 0 Å². The Bertz CT molecular complexity index is 4310. The monoisotopic (exact) mass is 1810 g/mol. The molecule has 2 bridgehead atoms. The number of aliphatic hydroxyl groups excluding tert-OH is 1. The fourth-order valence-corrected chi connectivity index (χ4v) is 16.9. The third kappa shape index (κ3) is 33.3. The minimum absolute atomic E-state index is 0.0263. The molecule has 35 nitrogen and oxygen atoms in total. The number of piperidine rings is 1. The number of carbonyl (C=O) groups excluding carboxylic acids is 7. The van der Waals surface area contributed by atoms with Crippen LogP contribution in [-0.4, -0.2) is 297 Å². The van der Waals surface area contributed by atoms with Crippen molar-refractivity contribution in [3.8, 4) is 11.3 Å². The second kappa shape index (κ2) is 55.7. The number of pyridine rings is 1. The number of unbranched alkanes of at least 4 members (excludes halogenated alkanes) is 2. The van der Waals surface area contributed by atoms with E-state index in [1.165, 1.54) is 25.4 Å². The summed E-state index contributed by atoms with van der Waals surface area (Å²) >= 11 is 0. The van der Waals surface area contributed by atoms with E-state index in [4.69, 9.17) is 77.1 Å². The maximum atomic E-state index is 14.8. The summed E-state index contributed by atoms with van der Waals surface area (Å²) in [6.45, 7) is 21.4. The molecule has 4 aromatic heterocycles. The van der Waals surface area contributed by atoms with Crippen LogP contribution in [0.25, 0.3) is 28.4 Å². The summed E-state index contributed by atoms with van der Waals surface area (Å²) < 4.78 is 84.5. The van der Waals surface area contributed by atoms with Gasteiger partial charge in [0.25, 0.3) is 11.7 Å². The number of aryl methyl sites for hydroxylation is 2. The fourth-order valence-electron chi connectivity index (χ4n) is 16.9. The van der Waals surface area contributed by atoms with Crippen molar-refractivity contribution < 1.29 is 110 Å². The number of anilines is 1. The number of cyclic esters (lactones) is 1. The SMILES string of the molecule is COC(=O)N[C@H]1C[C@@H]2CC[C@@H](C)[C@@](O)(O2)C(=O)C(=O)N2CCCC[C@H]2C(=O)O[C@H]([C@H](C)C[C@@H]2CC[C@@H](OCCCCc3cn(CCOCCOCCOCCOCCOCCOCCOCCOCCC(=O)NCCCCn4nc(-c5cnc6c(c5)C=CC6)c5c(N)ncnc54)nn3)[C@H](OC)C2)CC(=O)[C@H](C)/C=C(\C)[C@@H](O)[C@@H](OC)C(=O)[C@H](C)C[C@H](C)/C=C/C=C/C=C/1C. The zero-order valence-corrected chi connectivity index (χ0v) is 77.4. The number of rotatable bonds is 45. The number of nitrogen functional groups attached to an aromatic ring is 1. The highest BCUT2D eigenvalue weighted by atomic mass is 16.6. The third-order valence-electron chi connectivity index (χ3n) is 24.6. The first-order valence-corrected chi connectivity index (χ1v) is 46.2. The largest absolute Gasteiger partial charge is 0.460 e. The van der Waals surface area contributed by atoms with Gasteiger partial charge in [0, 0.05) is 95.4 Å². The highest BCUT2D eigenvalue weighted by Gasteiger charge is 2.53. The Labute approximate surface area is 758 Å². The van der Waals surface area contributed by atoms with Gasteiger partial charge < -0.3 is 97.8 Å². The number of aromatic nitrogens is 8. The first kappa shape index (κ1) is 104. The van der Waals surface area contributed by atoms with Gasteiger partial charge in [0.2, 0.25) is 11.7 Å². The van der Waals surface area contributed by atoms with Crippen molar-refractivity contribution in [3.05, 3.63) is 95.4 Å². The van der Waals surface area contributed by atoms with E-state index in [2.05, 4.69) is 54.1 Å². The number of nitrogens with one attached hydrogen (secondary N) is 2. The molecular weight excluding hydrogens is 1670 g/mol. The summed E-state index contributed by atoms with van der Waals surface area (Å²) in [5.41, 5.74) is 12.6. The molecule has 35 heteroatoms. The number of ether oxygens (including phenoxy) is 14. The smallest absolute Gasteiger partial charge is 0.407 e. The number of fused-ring (bicyclic) bond motifs is 5. The summed E-state index contributed by atoms with van der Waals surface area (Å²) in [5.74, 6) is -8.41. The summed E-state index contributed by atoms with van der Waals surface area (Å²) in [6, 6.07) is 0.184. The first-order chi connectivity index (χ1) is 62.4. The number of hydrogen-bond donors (Lipinski definition) is 5. The number of carbonyl (C=O) groups is 7. The van der Waals surface area contributed by atoms with Crippen LogP contribution in [0.2, 0.25) is 0 Å². The van der Waals surface area contributed by atoms with Gasteiger partial charge in [-0.3, -0.25) is 29.0 Å². The number of methoxy groups -OCH3 is 3. The summed E-state index contributed by atoms with van der Waals surface area (Å²) in [5, 5.41) is 43.9. The quantitative estimate of drug-likeness (QED) is 0.0119. The molecule has 0 aromatic carbocycles. The lowest BCUT2D eigenvalue weighted by atomic mass is 9.78. The Morgan fingerprint density at radius 2 is 1.42 bits per heavy atom. The zero-order valence-electron chi connectivity index (χ0n) is 77.4. The number of Topliss-reactive ketones (excluding diaryl/α,β-unsaturated/α-hetero) is 3. The molecule has 3 amide bonds. The van der Waals surface area contributed by atoms with E-state index in [0.717, 1.165) is 67.5 Å². The van der Waals surface area contributed by atoms with E-state index in [1.54, 1.807) is 51.6 Å². The van der Waals surface area contributed by atoms with Gasteiger partial charge in [-0.15, -0.1) is 5.10 Å². The Kier molecular flexibility index (Phi) is 45.0. The Morgan fingerprint density at radius 3 is 2.10 bits per heavy atom. The number of hydrogen-bond acceptors (Lipinski definition) is 30. The molecule has 5 aliphatic rings. The molecule has 15 atom stereocenters. The maximum absolute atomic E-state index is 14.8. The molecule has 1 saturated carbocycles. The van der Waals surface area contributed by atoms with Crippen LogP contribution in [0.3, 0.4) is 0 Å². The molecule has 2 saturated heterocycles. The highest BCUT2D eigenvalue weighted by Crippen LogP contribution is 2.39. The van der Waals surface area contributed by atoms with Gasteiger partial charge in [0.1, 0.15) is 48.0 Å². The second-order valence-corrected chi connectivity index (χ2v) is 34.4. The molecule has 3 fully saturated rings. The molecule has 4 aromatic rings. The topological polar surface area (TPSA) is 430 Å². The van der Waals surface area contributed by atoms with E-state index in [1.807, 2.05) is 62.2 Å². The average Bonchev–Trinajstić information content (AvgIpc) is 1.75. The average molecular weight is 1810 g/mol. The number of esters is 1. The van der Waals surface area contributed by atoms with E-state index in [0.29, 0.717) is 217 Å². The number of ketones is 3. The van der Waals surface area contributed by atoms with Gasteiger partial charge in [-0.1, -0.05) is 94.0 Å². The number of amides is 3. The van der Waals surface area contributed by atoms with Crippen LogP contribution in [0, 0.1) is 35.5 Å². The van der Waals surface area contributed by atoms with Crippen molar-refractivity contribution in [2.75, 3.05) is 152 Å². The molecule has 7 heterocycles. The molecule has 0 spiro atoms. The van der Waals surface area contributed by atoms with Crippen molar-refractivity contribution in [2.24, 2.45) is 35.5 Å². The lowest BCUT2D eigenvalue weighted by Gasteiger charge is -2.43. The van der Waals surface area contributed by atoms with Crippen LogP contribution >= 0.6 is 0 Å². The Morgan fingerprint density at radius 1 is 0.729 bits per heavy atom. The van der Waals surface area contributed by atoms with Gasteiger partial charge in [0.05, 0.1) is 160 Å². The predicted molar refractivity (Wildman–Crippen MR) is 479 cm³/mol. The van der Waals surface area contributed by atoms with Crippen LogP contribution < -0.4 is 16.4 Å². The minimum Gasteiger partial charge on any atom is -0.460 e. The Hall–Kier alpha value is -8.53. The molecule has 6 N–H and O–H groups in total. The number of nitrogens with zero attached hydrogens (tertiary/aromatic N) is 9. The number of alkyl carbamates (subject to hydrolysis) is 1. The van der Waals surface area contributed by atoms with Crippen molar-refractivity contribution in [3.63, 3.8) is 0 Å². The van der Waals surface area contributed by atoms with Crippen LogP contribution in [0.4, 0.5) is 10.6 Å². The molecule has 129 heavy (non-hydrogen) atoms. The maximum Gasteiger partial charge on any atom is 0.407 e. The second-order valence-electron chi connectivity index (χ2n) is 34.4.